The highest BCUT2D eigenvalue weighted by Gasteiger charge is 2.33. The molecule has 4 aromatic rings. The van der Waals surface area contributed by atoms with Gasteiger partial charge in [0.1, 0.15) is 17.3 Å². The van der Waals surface area contributed by atoms with Gasteiger partial charge in [0.2, 0.25) is 0 Å². The molecule has 0 amide bonds. The number of fused-ring (bicyclic) bond motifs is 1. The quantitative estimate of drug-likeness (QED) is 0.352. The number of hydrogen-bond acceptors (Lipinski definition) is 8. The van der Waals surface area contributed by atoms with Crippen LogP contribution in [0, 0.1) is 0 Å². The van der Waals surface area contributed by atoms with E-state index in [1.54, 1.807) is 63.4 Å². The monoisotopic (exact) mass is 544 g/mol. The van der Waals surface area contributed by atoms with Gasteiger partial charge in [0.15, 0.2) is 4.80 Å². The van der Waals surface area contributed by atoms with E-state index < -0.39 is 18.0 Å². The molecule has 1 aliphatic heterocycles. The Bertz CT molecular complexity index is 1770. The molecule has 3 heterocycles. The van der Waals surface area contributed by atoms with Crippen molar-refractivity contribution in [3.8, 4) is 17.1 Å². The fraction of sp³-hybridized carbons (Fsp3) is 0.172. The Hall–Kier alpha value is -4.70. The number of carboxylic acid groups (broad SMARTS) is 1. The Balaban J connectivity index is 1.59. The molecule has 0 radical (unpaired) electrons. The smallest absolute Gasteiger partial charge is 0.338 e. The molecule has 0 saturated heterocycles. The molecule has 2 aromatic heterocycles. The summed E-state index contributed by atoms with van der Waals surface area (Å²) in [5, 5.41) is 9.11. The van der Waals surface area contributed by atoms with Gasteiger partial charge in [-0.05, 0) is 55.8 Å². The summed E-state index contributed by atoms with van der Waals surface area (Å²) in [6.45, 7) is 3.65. The zero-order valence-electron chi connectivity index (χ0n) is 21.3. The van der Waals surface area contributed by atoms with Crippen molar-refractivity contribution in [3.05, 3.63) is 109 Å². The average Bonchev–Trinajstić information content (AvgIpc) is 3.52. The van der Waals surface area contributed by atoms with Crippen molar-refractivity contribution in [2.75, 3.05) is 13.7 Å². The number of allylic oxidation sites excluding steroid dienone is 1. The number of furan rings is 1. The first-order valence-electron chi connectivity index (χ1n) is 12.1. The van der Waals surface area contributed by atoms with Gasteiger partial charge in [-0.1, -0.05) is 35.6 Å². The van der Waals surface area contributed by atoms with Crippen molar-refractivity contribution >= 4 is 29.4 Å². The topological polar surface area (TPSA) is 120 Å². The summed E-state index contributed by atoms with van der Waals surface area (Å²) in [7, 11) is 1.57. The molecule has 5 rings (SSSR count). The van der Waals surface area contributed by atoms with E-state index in [1.807, 2.05) is 12.1 Å². The Morgan fingerprint density at radius 2 is 1.82 bits per heavy atom. The maximum atomic E-state index is 13.7. The molecule has 0 bridgehead atoms. The Kier molecular flexibility index (Phi) is 7.03. The summed E-state index contributed by atoms with van der Waals surface area (Å²) in [4.78, 5) is 42.9. The van der Waals surface area contributed by atoms with E-state index in [1.165, 1.54) is 28.0 Å². The molecule has 198 valence electrons. The molecule has 10 heteroatoms. The fourth-order valence-electron chi connectivity index (χ4n) is 4.38. The van der Waals surface area contributed by atoms with E-state index in [2.05, 4.69) is 4.99 Å². The van der Waals surface area contributed by atoms with Crippen LogP contribution >= 0.6 is 11.3 Å². The van der Waals surface area contributed by atoms with Crippen LogP contribution in [-0.2, 0) is 9.53 Å². The molecule has 0 aliphatic carbocycles. The molecular formula is C29H24N2O7S. The minimum atomic E-state index is -1.01. The number of aromatic nitrogens is 1. The lowest BCUT2D eigenvalue weighted by atomic mass is 9.96. The third kappa shape index (κ3) is 4.94. The number of hydrogen-bond donors (Lipinski definition) is 1. The van der Waals surface area contributed by atoms with E-state index >= 15 is 0 Å². The second kappa shape index (κ2) is 10.6. The zero-order valence-corrected chi connectivity index (χ0v) is 22.2. The van der Waals surface area contributed by atoms with Crippen molar-refractivity contribution in [1.29, 1.82) is 0 Å². The van der Waals surface area contributed by atoms with Crippen LogP contribution in [0.4, 0.5) is 0 Å². The number of carboxylic acids is 1. The van der Waals surface area contributed by atoms with Crippen molar-refractivity contribution in [2.45, 2.75) is 19.9 Å². The first-order chi connectivity index (χ1) is 18.8. The minimum absolute atomic E-state index is 0.176. The largest absolute Gasteiger partial charge is 0.497 e. The molecular weight excluding hydrogens is 520 g/mol. The van der Waals surface area contributed by atoms with Gasteiger partial charge in [-0.2, -0.15) is 0 Å². The lowest BCUT2D eigenvalue weighted by Gasteiger charge is -2.24. The van der Waals surface area contributed by atoms with Gasteiger partial charge in [0, 0.05) is 11.6 Å². The number of carbonyl (C=O) groups is 2. The third-order valence-electron chi connectivity index (χ3n) is 6.27. The van der Waals surface area contributed by atoms with E-state index in [-0.39, 0.29) is 17.7 Å². The van der Waals surface area contributed by atoms with Gasteiger partial charge in [0.05, 0.1) is 41.1 Å². The number of benzene rings is 2. The van der Waals surface area contributed by atoms with Crippen LogP contribution in [0.1, 0.15) is 41.6 Å². The van der Waals surface area contributed by atoms with E-state index in [0.717, 1.165) is 0 Å². The minimum Gasteiger partial charge on any atom is -0.497 e. The summed E-state index contributed by atoms with van der Waals surface area (Å²) in [6.07, 6.45) is 1.63. The SMILES string of the molecule is CCOC(=O)C1=C(C)N=c2sc(=Cc3ccc(-c4ccc(C(=O)O)cc4)o3)c(=O)n2C1c1ccc(OC)cc1. The highest BCUT2D eigenvalue weighted by molar-refractivity contribution is 7.07. The van der Waals surface area contributed by atoms with Gasteiger partial charge in [-0.25, -0.2) is 14.6 Å². The maximum absolute atomic E-state index is 13.7. The van der Waals surface area contributed by atoms with Gasteiger partial charge >= 0.3 is 11.9 Å². The van der Waals surface area contributed by atoms with Crippen molar-refractivity contribution in [3.63, 3.8) is 0 Å². The summed E-state index contributed by atoms with van der Waals surface area (Å²) in [5.74, 6) is 0.0861. The van der Waals surface area contributed by atoms with E-state index in [9.17, 15) is 14.4 Å². The van der Waals surface area contributed by atoms with Gasteiger partial charge in [-0.15, -0.1) is 0 Å². The van der Waals surface area contributed by atoms with Crippen LogP contribution in [0.5, 0.6) is 5.75 Å². The predicted molar refractivity (Wildman–Crippen MR) is 144 cm³/mol. The number of rotatable bonds is 7. The first kappa shape index (κ1) is 25.9. The number of esters is 1. The standard InChI is InChI=1S/C29H24N2O7S/c1-4-37-28(35)24-16(2)30-29-31(25(24)18-9-11-20(36-3)12-10-18)26(32)23(39-29)15-21-13-14-22(38-21)17-5-7-19(8-6-17)27(33)34/h5-15,25H,4H2,1-3H3,(H,33,34). The fourth-order valence-corrected chi connectivity index (χ4v) is 5.41. The maximum Gasteiger partial charge on any atom is 0.338 e. The molecule has 1 unspecified atom stereocenters. The molecule has 0 saturated carbocycles. The van der Waals surface area contributed by atoms with E-state index in [0.29, 0.717) is 49.0 Å². The highest BCUT2D eigenvalue weighted by atomic mass is 32.1. The predicted octanol–water partition coefficient (Wildman–Crippen LogP) is 3.77. The number of nitrogens with zero attached hydrogens (tertiary/aromatic N) is 2. The van der Waals surface area contributed by atoms with Crippen LogP contribution < -0.4 is 19.6 Å². The van der Waals surface area contributed by atoms with Crippen molar-refractivity contribution in [1.82, 2.24) is 4.57 Å². The van der Waals surface area contributed by atoms with Gasteiger partial charge in [0.25, 0.3) is 5.56 Å². The van der Waals surface area contributed by atoms with Crippen LogP contribution in [0.3, 0.4) is 0 Å². The van der Waals surface area contributed by atoms with Crippen LogP contribution in [-0.4, -0.2) is 35.3 Å². The van der Waals surface area contributed by atoms with Crippen LogP contribution in [0.2, 0.25) is 0 Å². The average molecular weight is 545 g/mol. The Morgan fingerprint density at radius 3 is 2.46 bits per heavy atom. The number of methoxy groups -OCH3 is 1. The van der Waals surface area contributed by atoms with Crippen molar-refractivity contribution < 1.29 is 28.6 Å². The molecule has 0 fully saturated rings. The summed E-state index contributed by atoms with van der Waals surface area (Å²) < 4.78 is 18.4. The summed E-state index contributed by atoms with van der Waals surface area (Å²) in [5.41, 5.74) is 2.05. The summed E-state index contributed by atoms with van der Waals surface area (Å²) >= 11 is 1.20. The first-order valence-corrected chi connectivity index (χ1v) is 12.9. The molecule has 39 heavy (non-hydrogen) atoms. The lowest BCUT2D eigenvalue weighted by Crippen LogP contribution is -2.39. The molecule has 9 nitrogen and oxygen atoms in total. The molecule has 0 spiro atoms. The van der Waals surface area contributed by atoms with Crippen LogP contribution in [0.15, 0.2) is 86.1 Å². The molecule has 1 atom stereocenters. The second-order valence-corrected chi connectivity index (χ2v) is 9.67. The third-order valence-corrected chi connectivity index (χ3v) is 7.25. The number of carbonyl (C=O) groups excluding carboxylic acids is 1. The number of aromatic carboxylic acids is 1. The van der Waals surface area contributed by atoms with Crippen LogP contribution in [0.25, 0.3) is 17.4 Å². The van der Waals surface area contributed by atoms with Gasteiger partial charge < -0.3 is 19.0 Å². The zero-order chi connectivity index (χ0) is 27.7. The number of ether oxygens (including phenoxy) is 2. The van der Waals surface area contributed by atoms with Crippen molar-refractivity contribution in [2.24, 2.45) is 4.99 Å². The second-order valence-electron chi connectivity index (χ2n) is 8.66. The molecule has 1 aliphatic rings. The normalized spacial score (nSPS) is 15.1. The molecule has 2 aromatic carbocycles. The molecule has 1 N–H and O–H groups in total. The van der Waals surface area contributed by atoms with Gasteiger partial charge in [-0.3, -0.25) is 9.36 Å². The summed E-state index contributed by atoms with van der Waals surface area (Å²) in [6, 6.07) is 16.3. The lowest BCUT2D eigenvalue weighted by molar-refractivity contribution is -0.139. The Morgan fingerprint density at radius 1 is 1.10 bits per heavy atom. The van der Waals surface area contributed by atoms with E-state index in [4.69, 9.17) is 19.0 Å². The Labute approximate surface area is 226 Å². The number of thiazole rings is 1. The highest BCUT2D eigenvalue weighted by Crippen LogP contribution is 2.31.